The van der Waals surface area contributed by atoms with Gasteiger partial charge in [0.1, 0.15) is 0 Å². The summed E-state index contributed by atoms with van der Waals surface area (Å²) in [6, 6.07) is 5.92. The molecule has 0 saturated carbocycles. The van der Waals surface area contributed by atoms with Crippen LogP contribution in [0.5, 0.6) is 0 Å². The minimum atomic E-state index is -3.25. The van der Waals surface area contributed by atoms with Crippen molar-refractivity contribution in [2.45, 2.75) is 31.6 Å². The topological polar surface area (TPSA) is 76.1 Å². The molecule has 0 bridgehead atoms. The molecule has 0 atom stereocenters. The van der Waals surface area contributed by atoms with Crippen LogP contribution in [-0.2, 0) is 9.84 Å². The number of aromatic nitrogens is 1. The Kier molecular flexibility index (Phi) is 4.97. The van der Waals surface area contributed by atoms with E-state index in [9.17, 15) is 13.2 Å². The Morgan fingerprint density at radius 2 is 1.91 bits per heavy atom. The lowest BCUT2D eigenvalue weighted by molar-refractivity contribution is 0.102. The number of thiazole rings is 1. The first-order valence-corrected chi connectivity index (χ1v) is 9.46. The number of hydrogen-bond acceptors (Lipinski definition) is 5. The van der Waals surface area contributed by atoms with E-state index in [-0.39, 0.29) is 16.6 Å². The van der Waals surface area contributed by atoms with Crippen LogP contribution in [0.25, 0.3) is 0 Å². The van der Waals surface area contributed by atoms with Crippen LogP contribution in [-0.4, -0.2) is 25.1 Å². The summed E-state index contributed by atoms with van der Waals surface area (Å²) in [5.74, 6) is 0.0425. The average Bonchev–Trinajstić information content (AvgIpc) is 2.96. The zero-order chi connectivity index (χ0) is 16.3. The largest absolute Gasteiger partial charge is 0.298 e. The number of anilines is 1. The van der Waals surface area contributed by atoms with Crippen LogP contribution in [0.2, 0.25) is 0 Å². The Hall–Kier alpha value is -1.73. The van der Waals surface area contributed by atoms with Crippen LogP contribution in [0.3, 0.4) is 0 Å². The second-order valence-electron chi connectivity index (χ2n) is 5.11. The minimum Gasteiger partial charge on any atom is -0.298 e. The van der Waals surface area contributed by atoms with Crippen molar-refractivity contribution < 1.29 is 13.2 Å². The van der Waals surface area contributed by atoms with E-state index in [1.54, 1.807) is 6.92 Å². The number of nitrogens with one attached hydrogen (secondary N) is 1. The summed E-state index contributed by atoms with van der Waals surface area (Å²) >= 11 is 1.37. The SMILES string of the molecule is CCS(=O)(=O)c1ccc(C(=O)Nc2nc(C(C)C)cs2)cc1. The molecule has 1 aromatic carbocycles. The number of benzene rings is 1. The van der Waals surface area contributed by atoms with Gasteiger partial charge in [-0.1, -0.05) is 20.8 Å². The Morgan fingerprint density at radius 3 is 2.41 bits per heavy atom. The van der Waals surface area contributed by atoms with Crippen LogP contribution >= 0.6 is 11.3 Å². The van der Waals surface area contributed by atoms with E-state index in [1.807, 2.05) is 19.2 Å². The highest BCUT2D eigenvalue weighted by Gasteiger charge is 2.14. The minimum absolute atomic E-state index is 0.0373. The molecule has 0 spiro atoms. The van der Waals surface area contributed by atoms with Crippen LogP contribution in [0, 0.1) is 0 Å². The third-order valence-electron chi connectivity index (χ3n) is 3.19. The van der Waals surface area contributed by atoms with Gasteiger partial charge in [-0.05, 0) is 30.2 Å². The Morgan fingerprint density at radius 1 is 1.27 bits per heavy atom. The standard InChI is InChI=1S/C15H18N2O3S2/c1-4-22(19,20)12-7-5-11(6-8-12)14(18)17-15-16-13(9-21-15)10(2)3/h5-10H,4H2,1-3H3,(H,16,17,18). The van der Waals surface area contributed by atoms with Gasteiger partial charge in [-0.2, -0.15) is 0 Å². The second kappa shape index (κ2) is 6.58. The molecular formula is C15H18N2O3S2. The number of sulfone groups is 1. The highest BCUT2D eigenvalue weighted by atomic mass is 32.2. The predicted molar refractivity (Wildman–Crippen MR) is 88.3 cm³/mol. The first kappa shape index (κ1) is 16.6. The van der Waals surface area contributed by atoms with Gasteiger partial charge >= 0.3 is 0 Å². The quantitative estimate of drug-likeness (QED) is 0.907. The Labute approximate surface area is 134 Å². The third kappa shape index (κ3) is 3.72. The molecule has 0 fully saturated rings. The smallest absolute Gasteiger partial charge is 0.257 e. The van der Waals surface area contributed by atoms with Crippen molar-refractivity contribution in [3.05, 3.63) is 40.9 Å². The lowest BCUT2D eigenvalue weighted by atomic mass is 10.2. The van der Waals surface area contributed by atoms with Crippen molar-refractivity contribution in [2.24, 2.45) is 0 Å². The summed E-state index contributed by atoms with van der Waals surface area (Å²) in [6.07, 6.45) is 0. The van der Waals surface area contributed by atoms with E-state index in [2.05, 4.69) is 10.3 Å². The van der Waals surface area contributed by atoms with E-state index in [1.165, 1.54) is 35.6 Å². The van der Waals surface area contributed by atoms with Crippen molar-refractivity contribution in [2.75, 3.05) is 11.1 Å². The van der Waals surface area contributed by atoms with Gasteiger partial charge in [-0.25, -0.2) is 13.4 Å². The predicted octanol–water partition coefficient (Wildman–Crippen LogP) is 3.31. The Balaban J connectivity index is 2.13. The fraction of sp³-hybridized carbons (Fsp3) is 0.333. The van der Waals surface area contributed by atoms with Gasteiger partial charge in [0.15, 0.2) is 15.0 Å². The van der Waals surface area contributed by atoms with Crippen LogP contribution in [0.1, 0.15) is 42.7 Å². The maximum atomic E-state index is 12.1. The van der Waals surface area contributed by atoms with Gasteiger partial charge in [0.2, 0.25) is 0 Å². The van der Waals surface area contributed by atoms with Crippen molar-refractivity contribution in [3.63, 3.8) is 0 Å². The number of amides is 1. The van der Waals surface area contributed by atoms with Crippen LogP contribution in [0.15, 0.2) is 34.5 Å². The van der Waals surface area contributed by atoms with Crippen LogP contribution in [0.4, 0.5) is 5.13 Å². The maximum absolute atomic E-state index is 12.1. The Bertz CT molecular complexity index is 762. The third-order valence-corrected chi connectivity index (χ3v) is 5.72. The van der Waals surface area contributed by atoms with Gasteiger partial charge < -0.3 is 0 Å². The number of hydrogen-bond donors (Lipinski definition) is 1. The van der Waals surface area contributed by atoms with Gasteiger partial charge in [0.25, 0.3) is 5.91 Å². The van der Waals surface area contributed by atoms with Crippen molar-refractivity contribution in [1.82, 2.24) is 4.98 Å². The van der Waals surface area contributed by atoms with E-state index in [4.69, 9.17) is 0 Å². The molecule has 118 valence electrons. The lowest BCUT2D eigenvalue weighted by Crippen LogP contribution is -2.12. The summed E-state index contributed by atoms with van der Waals surface area (Å²) in [5, 5.41) is 5.18. The number of nitrogens with zero attached hydrogens (tertiary/aromatic N) is 1. The van der Waals surface area contributed by atoms with Gasteiger partial charge in [0.05, 0.1) is 16.3 Å². The summed E-state index contributed by atoms with van der Waals surface area (Å²) < 4.78 is 23.5. The summed E-state index contributed by atoms with van der Waals surface area (Å²) in [4.78, 5) is 16.7. The highest BCUT2D eigenvalue weighted by Crippen LogP contribution is 2.22. The fourth-order valence-electron chi connectivity index (χ4n) is 1.76. The average molecular weight is 338 g/mol. The molecule has 1 heterocycles. The van der Waals surface area contributed by atoms with Crippen molar-refractivity contribution >= 4 is 32.2 Å². The summed E-state index contributed by atoms with van der Waals surface area (Å²) in [6.45, 7) is 5.66. The molecule has 2 aromatic rings. The number of carbonyl (C=O) groups is 1. The normalized spacial score (nSPS) is 11.6. The fourth-order valence-corrected chi connectivity index (χ4v) is 3.51. The molecule has 22 heavy (non-hydrogen) atoms. The number of carbonyl (C=O) groups excluding carboxylic acids is 1. The molecule has 7 heteroatoms. The van der Waals surface area contributed by atoms with E-state index in [0.29, 0.717) is 16.6 Å². The monoisotopic (exact) mass is 338 g/mol. The molecule has 0 aliphatic carbocycles. The van der Waals surface area contributed by atoms with Gasteiger partial charge in [-0.3, -0.25) is 10.1 Å². The first-order valence-electron chi connectivity index (χ1n) is 6.93. The van der Waals surface area contributed by atoms with E-state index in [0.717, 1.165) is 5.69 Å². The lowest BCUT2D eigenvalue weighted by Gasteiger charge is -2.04. The molecule has 1 aromatic heterocycles. The van der Waals surface area contributed by atoms with Gasteiger partial charge in [0, 0.05) is 10.9 Å². The molecule has 0 aliphatic rings. The highest BCUT2D eigenvalue weighted by molar-refractivity contribution is 7.91. The van der Waals surface area contributed by atoms with E-state index >= 15 is 0 Å². The van der Waals surface area contributed by atoms with Gasteiger partial charge in [-0.15, -0.1) is 11.3 Å². The molecule has 0 radical (unpaired) electrons. The summed E-state index contributed by atoms with van der Waals surface area (Å²) in [5.41, 5.74) is 1.33. The van der Waals surface area contributed by atoms with Crippen LogP contribution < -0.4 is 5.32 Å². The molecular weight excluding hydrogens is 320 g/mol. The molecule has 2 rings (SSSR count). The molecule has 5 nitrogen and oxygen atoms in total. The molecule has 0 saturated heterocycles. The summed E-state index contributed by atoms with van der Waals surface area (Å²) in [7, 11) is -3.25. The maximum Gasteiger partial charge on any atom is 0.257 e. The molecule has 1 N–H and O–H groups in total. The second-order valence-corrected chi connectivity index (χ2v) is 8.25. The zero-order valence-electron chi connectivity index (χ0n) is 12.7. The zero-order valence-corrected chi connectivity index (χ0v) is 14.3. The molecule has 0 unspecified atom stereocenters. The first-order chi connectivity index (χ1) is 10.3. The molecule has 1 amide bonds. The molecule has 0 aliphatic heterocycles. The van der Waals surface area contributed by atoms with E-state index < -0.39 is 9.84 Å². The number of rotatable bonds is 5. The van der Waals surface area contributed by atoms with Crippen molar-refractivity contribution in [3.8, 4) is 0 Å². The van der Waals surface area contributed by atoms with Crippen molar-refractivity contribution in [1.29, 1.82) is 0 Å².